The second-order valence-electron chi connectivity index (χ2n) is 4.05. The molecule has 1 aliphatic rings. The van der Waals surface area contributed by atoms with Gasteiger partial charge in [0.15, 0.2) is 0 Å². The number of aromatic amines is 1. The zero-order chi connectivity index (χ0) is 11.0. The van der Waals surface area contributed by atoms with Crippen molar-refractivity contribution in [1.29, 1.82) is 0 Å². The predicted molar refractivity (Wildman–Crippen MR) is 63.7 cm³/mol. The Labute approximate surface area is 93.2 Å². The summed E-state index contributed by atoms with van der Waals surface area (Å²) in [4.78, 5) is 3.02. The fourth-order valence-corrected chi connectivity index (χ4v) is 2.25. The summed E-state index contributed by atoms with van der Waals surface area (Å²) in [5.41, 5.74) is 3.04. The zero-order valence-electron chi connectivity index (χ0n) is 8.89. The smallest absolute Gasteiger partial charge is 0.147 e. The number of fused-ring (bicyclic) bond motifs is 1. The van der Waals surface area contributed by atoms with Crippen LogP contribution in [0.15, 0.2) is 30.5 Å². The molecule has 0 fully saturated rings. The fourth-order valence-electron chi connectivity index (χ4n) is 2.25. The molecule has 1 aliphatic heterocycles. The van der Waals surface area contributed by atoms with Crippen molar-refractivity contribution in [3.05, 3.63) is 41.9 Å². The fraction of sp³-hybridized carbons (Fsp3) is 0.231. The van der Waals surface area contributed by atoms with Gasteiger partial charge in [0.2, 0.25) is 0 Å². The van der Waals surface area contributed by atoms with Gasteiger partial charge in [-0.2, -0.15) is 0 Å². The van der Waals surface area contributed by atoms with Gasteiger partial charge in [-0.25, -0.2) is 4.39 Å². The molecule has 16 heavy (non-hydrogen) atoms. The topological polar surface area (TPSA) is 27.8 Å². The molecule has 0 radical (unpaired) electrons. The number of benzene rings is 1. The third kappa shape index (κ3) is 1.44. The van der Waals surface area contributed by atoms with Crippen molar-refractivity contribution in [2.75, 3.05) is 13.1 Å². The highest BCUT2D eigenvalue weighted by atomic mass is 19.1. The van der Waals surface area contributed by atoms with Crippen LogP contribution >= 0.6 is 0 Å². The maximum absolute atomic E-state index is 13.5. The minimum absolute atomic E-state index is 0.182. The first-order chi connectivity index (χ1) is 7.86. The van der Waals surface area contributed by atoms with Crippen LogP contribution in [0.4, 0.5) is 4.39 Å². The molecular formula is C13H13FN2. The summed E-state index contributed by atoms with van der Waals surface area (Å²) in [7, 11) is 0. The molecule has 0 saturated carbocycles. The molecule has 2 N–H and O–H groups in total. The lowest BCUT2D eigenvalue weighted by molar-refractivity contribution is 0.637. The van der Waals surface area contributed by atoms with E-state index in [1.807, 2.05) is 12.3 Å². The molecule has 1 aromatic heterocycles. The predicted octanol–water partition coefficient (Wildman–Crippen LogP) is 2.68. The Hall–Kier alpha value is -1.61. The minimum Gasteiger partial charge on any atom is -0.358 e. The number of nitrogens with one attached hydrogen (secondary N) is 2. The van der Waals surface area contributed by atoms with E-state index in [-0.39, 0.29) is 5.82 Å². The highest BCUT2D eigenvalue weighted by Gasteiger charge is 2.12. The van der Waals surface area contributed by atoms with Crippen LogP contribution in [-0.2, 0) is 0 Å². The van der Waals surface area contributed by atoms with E-state index in [2.05, 4.69) is 16.4 Å². The van der Waals surface area contributed by atoms with Gasteiger partial charge < -0.3 is 10.3 Å². The van der Waals surface area contributed by atoms with Crippen molar-refractivity contribution in [2.24, 2.45) is 0 Å². The maximum atomic E-state index is 13.5. The summed E-state index contributed by atoms with van der Waals surface area (Å²) in [5, 5.41) is 4.26. The van der Waals surface area contributed by atoms with Gasteiger partial charge in [0.05, 0.1) is 5.52 Å². The standard InChI is InChI=1S/C13H13FN2/c14-12-3-1-2-10-11(8-16-13(10)12)9-4-6-15-7-5-9/h1-4,8,15-16H,5-7H2. The van der Waals surface area contributed by atoms with Crippen LogP contribution in [-0.4, -0.2) is 18.1 Å². The highest BCUT2D eigenvalue weighted by molar-refractivity contribution is 5.93. The minimum atomic E-state index is -0.182. The normalized spacial score (nSPS) is 16.4. The second kappa shape index (κ2) is 3.76. The van der Waals surface area contributed by atoms with Gasteiger partial charge in [0.25, 0.3) is 0 Å². The molecule has 2 heterocycles. The van der Waals surface area contributed by atoms with Gasteiger partial charge in [-0.3, -0.25) is 0 Å². The lowest BCUT2D eigenvalue weighted by atomic mass is 10.00. The average Bonchev–Trinajstić information content (AvgIpc) is 2.75. The zero-order valence-corrected chi connectivity index (χ0v) is 8.89. The molecule has 0 saturated heterocycles. The molecule has 0 amide bonds. The van der Waals surface area contributed by atoms with E-state index in [1.54, 1.807) is 6.07 Å². The Balaban J connectivity index is 2.17. The Kier molecular flexibility index (Phi) is 2.26. The number of hydrogen-bond acceptors (Lipinski definition) is 1. The number of hydrogen-bond donors (Lipinski definition) is 2. The molecule has 3 heteroatoms. The van der Waals surface area contributed by atoms with Crippen molar-refractivity contribution >= 4 is 16.5 Å². The van der Waals surface area contributed by atoms with Crippen molar-refractivity contribution in [2.45, 2.75) is 6.42 Å². The van der Waals surface area contributed by atoms with Gasteiger partial charge in [0.1, 0.15) is 5.82 Å². The lowest BCUT2D eigenvalue weighted by Crippen LogP contribution is -2.19. The molecule has 0 bridgehead atoms. The van der Waals surface area contributed by atoms with Crippen LogP contribution in [0.25, 0.3) is 16.5 Å². The highest BCUT2D eigenvalue weighted by Crippen LogP contribution is 2.28. The number of rotatable bonds is 1. The van der Waals surface area contributed by atoms with Crippen molar-refractivity contribution in [3.63, 3.8) is 0 Å². The Morgan fingerprint density at radius 1 is 1.25 bits per heavy atom. The summed E-state index contributed by atoms with van der Waals surface area (Å²) < 4.78 is 13.5. The van der Waals surface area contributed by atoms with Crippen LogP contribution in [0, 0.1) is 5.82 Å². The molecule has 3 rings (SSSR count). The van der Waals surface area contributed by atoms with Crippen molar-refractivity contribution < 1.29 is 4.39 Å². The quantitative estimate of drug-likeness (QED) is 0.753. The van der Waals surface area contributed by atoms with Crippen molar-refractivity contribution in [3.8, 4) is 0 Å². The van der Waals surface area contributed by atoms with Gasteiger partial charge >= 0.3 is 0 Å². The summed E-state index contributed by atoms with van der Waals surface area (Å²) >= 11 is 0. The first-order valence-corrected chi connectivity index (χ1v) is 5.52. The van der Waals surface area contributed by atoms with Gasteiger partial charge in [-0.05, 0) is 24.6 Å². The number of halogens is 1. The van der Waals surface area contributed by atoms with Gasteiger partial charge in [0, 0.05) is 23.7 Å². The molecular weight excluding hydrogens is 203 g/mol. The number of H-pyrrole nitrogens is 1. The second-order valence-corrected chi connectivity index (χ2v) is 4.05. The Bertz CT molecular complexity index is 554. The van der Waals surface area contributed by atoms with Crippen LogP contribution in [0.2, 0.25) is 0 Å². The van der Waals surface area contributed by atoms with Crippen LogP contribution in [0.1, 0.15) is 12.0 Å². The first kappa shape index (κ1) is 9.60. The van der Waals surface area contributed by atoms with Gasteiger partial charge in [-0.1, -0.05) is 18.2 Å². The van der Waals surface area contributed by atoms with E-state index in [1.165, 1.54) is 11.6 Å². The SMILES string of the molecule is Fc1cccc2c(C3=CCNCC3)c[nH]c12. The summed E-state index contributed by atoms with van der Waals surface area (Å²) in [6.45, 7) is 1.89. The lowest BCUT2D eigenvalue weighted by Gasteiger charge is -2.13. The van der Waals surface area contributed by atoms with E-state index in [9.17, 15) is 4.39 Å². The summed E-state index contributed by atoms with van der Waals surface area (Å²) in [6.07, 6.45) is 5.09. The molecule has 2 aromatic rings. The molecule has 82 valence electrons. The molecule has 2 nitrogen and oxygen atoms in total. The molecule has 0 atom stereocenters. The van der Waals surface area contributed by atoms with E-state index in [4.69, 9.17) is 0 Å². The first-order valence-electron chi connectivity index (χ1n) is 5.52. The number of aromatic nitrogens is 1. The monoisotopic (exact) mass is 216 g/mol. The Morgan fingerprint density at radius 3 is 3.00 bits per heavy atom. The molecule has 0 spiro atoms. The van der Waals surface area contributed by atoms with E-state index in [0.29, 0.717) is 5.52 Å². The Morgan fingerprint density at radius 2 is 2.19 bits per heavy atom. The molecule has 0 unspecified atom stereocenters. The maximum Gasteiger partial charge on any atom is 0.147 e. The van der Waals surface area contributed by atoms with Gasteiger partial charge in [-0.15, -0.1) is 0 Å². The van der Waals surface area contributed by atoms with E-state index in [0.717, 1.165) is 30.5 Å². The largest absolute Gasteiger partial charge is 0.358 e. The van der Waals surface area contributed by atoms with Crippen LogP contribution in [0.3, 0.4) is 0 Å². The third-order valence-corrected chi connectivity index (χ3v) is 3.07. The van der Waals surface area contributed by atoms with Crippen LogP contribution in [0.5, 0.6) is 0 Å². The number of para-hydroxylation sites is 1. The van der Waals surface area contributed by atoms with Crippen molar-refractivity contribution in [1.82, 2.24) is 10.3 Å². The molecule has 0 aliphatic carbocycles. The third-order valence-electron chi connectivity index (χ3n) is 3.07. The summed E-state index contributed by atoms with van der Waals surface area (Å²) in [5.74, 6) is -0.182. The van der Waals surface area contributed by atoms with E-state index >= 15 is 0 Å². The van der Waals surface area contributed by atoms with E-state index < -0.39 is 0 Å². The average molecular weight is 216 g/mol. The summed E-state index contributed by atoms with van der Waals surface area (Å²) in [6, 6.07) is 5.21. The van der Waals surface area contributed by atoms with Crippen LogP contribution < -0.4 is 5.32 Å². The molecule has 1 aromatic carbocycles.